The van der Waals surface area contributed by atoms with Gasteiger partial charge in [-0.2, -0.15) is 0 Å². The van der Waals surface area contributed by atoms with E-state index in [4.69, 9.17) is 0 Å². The third-order valence-corrected chi connectivity index (χ3v) is 3.53. The summed E-state index contributed by atoms with van der Waals surface area (Å²) < 4.78 is 12.9. The minimum atomic E-state index is -0.339. The maximum Gasteiger partial charge on any atom is 0.168 e. The SMILES string of the molecule is O=C1CCC(=Nc2ccc(F)cc2)/C1=C(/O)c1ccccc1. The zero-order chi connectivity index (χ0) is 15.5. The quantitative estimate of drug-likeness (QED) is 0.665. The molecule has 1 N–H and O–H groups in total. The van der Waals surface area contributed by atoms with Gasteiger partial charge in [0.15, 0.2) is 5.78 Å². The lowest BCUT2D eigenvalue weighted by Crippen LogP contribution is -2.04. The van der Waals surface area contributed by atoms with Crippen LogP contribution in [0.5, 0.6) is 0 Å². The van der Waals surface area contributed by atoms with Gasteiger partial charge in [0.1, 0.15) is 11.6 Å². The maximum atomic E-state index is 12.9. The van der Waals surface area contributed by atoms with Crippen LogP contribution in [0.25, 0.3) is 5.76 Å². The largest absolute Gasteiger partial charge is 0.506 e. The Morgan fingerprint density at radius 2 is 1.68 bits per heavy atom. The number of Topliss-reactive ketones (excluding diaryl/α,β-unsaturated/α-hetero) is 1. The van der Waals surface area contributed by atoms with Crippen LogP contribution >= 0.6 is 0 Å². The molecule has 1 aliphatic carbocycles. The molecule has 1 aliphatic rings. The standard InChI is InChI=1S/C18H14FNO2/c19-13-6-8-14(9-7-13)20-15-10-11-16(21)17(15)18(22)12-4-2-1-3-5-12/h1-9,22H,10-11H2/b18-17-,20-15?. The third-order valence-electron chi connectivity index (χ3n) is 3.53. The van der Waals surface area contributed by atoms with Crippen molar-refractivity contribution in [1.82, 2.24) is 0 Å². The average molecular weight is 295 g/mol. The van der Waals surface area contributed by atoms with Crippen molar-refractivity contribution >= 4 is 22.9 Å². The average Bonchev–Trinajstić information content (AvgIpc) is 2.90. The Hall–Kier alpha value is -2.75. The van der Waals surface area contributed by atoms with Crippen molar-refractivity contribution in [2.75, 3.05) is 0 Å². The number of benzene rings is 2. The van der Waals surface area contributed by atoms with E-state index in [0.717, 1.165) is 0 Å². The summed E-state index contributed by atoms with van der Waals surface area (Å²) in [5.74, 6) is -0.513. The fourth-order valence-electron chi connectivity index (χ4n) is 2.44. The molecule has 2 aromatic carbocycles. The van der Waals surface area contributed by atoms with Gasteiger partial charge in [-0.1, -0.05) is 30.3 Å². The minimum absolute atomic E-state index is 0.0519. The summed E-state index contributed by atoms with van der Waals surface area (Å²) in [5.41, 5.74) is 1.94. The summed E-state index contributed by atoms with van der Waals surface area (Å²) >= 11 is 0. The fourth-order valence-corrected chi connectivity index (χ4v) is 2.44. The highest BCUT2D eigenvalue weighted by Gasteiger charge is 2.28. The van der Waals surface area contributed by atoms with Crippen molar-refractivity contribution in [2.45, 2.75) is 12.8 Å². The first-order chi connectivity index (χ1) is 10.6. The van der Waals surface area contributed by atoms with Crippen molar-refractivity contribution < 1.29 is 14.3 Å². The van der Waals surface area contributed by atoms with Gasteiger partial charge in [-0.15, -0.1) is 0 Å². The second-order valence-electron chi connectivity index (χ2n) is 5.05. The molecule has 4 heteroatoms. The number of nitrogens with zero attached hydrogens (tertiary/aromatic N) is 1. The monoisotopic (exact) mass is 295 g/mol. The molecule has 0 bridgehead atoms. The zero-order valence-electron chi connectivity index (χ0n) is 11.8. The lowest BCUT2D eigenvalue weighted by molar-refractivity contribution is -0.114. The number of halogens is 1. The van der Waals surface area contributed by atoms with Crippen LogP contribution in [0.3, 0.4) is 0 Å². The molecule has 0 amide bonds. The summed E-state index contributed by atoms with van der Waals surface area (Å²) in [5, 5.41) is 10.4. The van der Waals surface area contributed by atoms with E-state index >= 15 is 0 Å². The molecule has 0 radical (unpaired) electrons. The predicted octanol–water partition coefficient (Wildman–Crippen LogP) is 4.23. The molecule has 22 heavy (non-hydrogen) atoms. The Labute approximate surface area is 127 Å². The smallest absolute Gasteiger partial charge is 0.168 e. The van der Waals surface area contributed by atoms with E-state index in [1.54, 1.807) is 36.4 Å². The summed E-state index contributed by atoms with van der Waals surface area (Å²) in [6.45, 7) is 0. The second kappa shape index (κ2) is 5.93. The molecule has 1 saturated carbocycles. The Balaban J connectivity index is 2.04. The Morgan fingerprint density at radius 3 is 2.36 bits per heavy atom. The Kier molecular flexibility index (Phi) is 3.83. The van der Waals surface area contributed by atoms with E-state index in [0.29, 0.717) is 29.8 Å². The first kappa shape index (κ1) is 14.2. The van der Waals surface area contributed by atoms with Crippen molar-refractivity contribution in [3.8, 4) is 0 Å². The minimum Gasteiger partial charge on any atom is -0.506 e. The van der Waals surface area contributed by atoms with Gasteiger partial charge in [0.2, 0.25) is 0 Å². The van der Waals surface area contributed by atoms with Crippen molar-refractivity contribution in [1.29, 1.82) is 0 Å². The maximum absolute atomic E-state index is 12.9. The number of aliphatic hydroxyl groups is 1. The van der Waals surface area contributed by atoms with Crippen molar-refractivity contribution in [3.63, 3.8) is 0 Å². The highest BCUT2D eigenvalue weighted by Crippen LogP contribution is 2.28. The molecule has 0 aromatic heterocycles. The zero-order valence-corrected chi connectivity index (χ0v) is 11.8. The molecule has 1 fully saturated rings. The number of hydrogen-bond acceptors (Lipinski definition) is 3. The number of hydrogen-bond donors (Lipinski definition) is 1. The van der Waals surface area contributed by atoms with E-state index in [1.807, 2.05) is 6.07 Å². The van der Waals surface area contributed by atoms with E-state index in [2.05, 4.69) is 4.99 Å². The topological polar surface area (TPSA) is 49.7 Å². The van der Waals surface area contributed by atoms with Crippen molar-refractivity contribution in [3.05, 3.63) is 71.6 Å². The van der Waals surface area contributed by atoms with Crippen LogP contribution in [0.4, 0.5) is 10.1 Å². The molecule has 0 atom stereocenters. The van der Waals surface area contributed by atoms with E-state index in [-0.39, 0.29) is 22.9 Å². The Morgan fingerprint density at radius 1 is 1.00 bits per heavy atom. The van der Waals surface area contributed by atoms with Crippen LogP contribution in [0.1, 0.15) is 18.4 Å². The number of aliphatic imine (C=N–C) groups is 1. The third kappa shape index (κ3) is 2.81. The molecule has 0 heterocycles. The van der Waals surface area contributed by atoms with E-state index in [1.165, 1.54) is 12.1 Å². The number of ketones is 1. The van der Waals surface area contributed by atoms with Gasteiger partial charge in [-0.3, -0.25) is 9.79 Å². The van der Waals surface area contributed by atoms with Gasteiger partial charge in [0.05, 0.1) is 17.0 Å². The highest BCUT2D eigenvalue weighted by atomic mass is 19.1. The van der Waals surface area contributed by atoms with Gasteiger partial charge < -0.3 is 5.11 Å². The number of allylic oxidation sites excluding steroid dienone is 1. The molecule has 3 nitrogen and oxygen atoms in total. The number of carbonyl (C=O) groups is 1. The van der Waals surface area contributed by atoms with Crippen LogP contribution in [-0.2, 0) is 4.79 Å². The highest BCUT2D eigenvalue weighted by molar-refractivity contribution is 6.31. The molecule has 2 aromatic rings. The molecular formula is C18H14FNO2. The van der Waals surface area contributed by atoms with Gasteiger partial charge in [0.25, 0.3) is 0 Å². The lowest BCUT2D eigenvalue weighted by Gasteiger charge is -2.05. The van der Waals surface area contributed by atoms with E-state index < -0.39 is 0 Å². The predicted molar refractivity (Wildman–Crippen MR) is 83.7 cm³/mol. The van der Waals surface area contributed by atoms with Gasteiger partial charge in [-0.05, 0) is 30.7 Å². The molecular weight excluding hydrogens is 281 g/mol. The molecule has 0 saturated heterocycles. The van der Waals surface area contributed by atoms with Crippen molar-refractivity contribution in [2.24, 2.45) is 4.99 Å². The molecule has 0 spiro atoms. The van der Waals surface area contributed by atoms with Gasteiger partial charge >= 0.3 is 0 Å². The van der Waals surface area contributed by atoms with Gasteiger partial charge in [0, 0.05) is 12.0 Å². The first-order valence-corrected chi connectivity index (χ1v) is 7.00. The molecule has 110 valence electrons. The second-order valence-corrected chi connectivity index (χ2v) is 5.05. The van der Waals surface area contributed by atoms with Crippen LogP contribution in [-0.4, -0.2) is 16.6 Å². The molecule has 3 rings (SSSR count). The normalized spacial score (nSPS) is 18.8. The fraction of sp³-hybridized carbons (Fsp3) is 0.111. The van der Waals surface area contributed by atoms with E-state index in [9.17, 15) is 14.3 Å². The van der Waals surface area contributed by atoms with Crippen LogP contribution in [0, 0.1) is 5.82 Å². The van der Waals surface area contributed by atoms with Crippen LogP contribution in [0.2, 0.25) is 0 Å². The summed E-state index contributed by atoms with van der Waals surface area (Å²) in [6.07, 6.45) is 0.800. The van der Waals surface area contributed by atoms with Gasteiger partial charge in [-0.25, -0.2) is 4.39 Å². The van der Waals surface area contributed by atoms with Crippen LogP contribution < -0.4 is 0 Å². The first-order valence-electron chi connectivity index (χ1n) is 7.00. The summed E-state index contributed by atoms with van der Waals surface area (Å²) in [6, 6.07) is 14.6. The molecule has 0 aliphatic heterocycles. The number of rotatable bonds is 2. The lowest BCUT2D eigenvalue weighted by atomic mass is 10.1. The van der Waals surface area contributed by atoms with Crippen LogP contribution in [0.15, 0.2) is 65.2 Å². The molecule has 0 unspecified atom stereocenters. The summed E-state index contributed by atoms with van der Waals surface area (Å²) in [4.78, 5) is 16.5. The number of carbonyl (C=O) groups excluding carboxylic acids is 1. The number of aliphatic hydroxyl groups excluding tert-OH is 1. The Bertz CT molecular complexity index is 761. The summed E-state index contributed by atoms with van der Waals surface area (Å²) in [7, 11) is 0.